The average Bonchev–Trinajstić information content (AvgIpc) is 2.16. The zero-order valence-corrected chi connectivity index (χ0v) is 8.08. The van der Waals surface area contributed by atoms with Crippen LogP contribution in [0.3, 0.4) is 0 Å². The molecule has 2 nitrogen and oxygen atoms in total. The van der Waals surface area contributed by atoms with Crippen LogP contribution in [-0.4, -0.2) is 23.4 Å². The Balaban J connectivity index is 1.96. The van der Waals surface area contributed by atoms with Crippen LogP contribution in [0.15, 0.2) is 24.3 Å². The standard InChI is InChI=1S/C12H16O2/c13-5-11-9-3-4-10(12(11)6-14)8-2-1-7(8)9/h1-4,7-14H,5-6H2. The van der Waals surface area contributed by atoms with Crippen LogP contribution in [-0.2, 0) is 0 Å². The van der Waals surface area contributed by atoms with Gasteiger partial charge in [0, 0.05) is 13.2 Å². The van der Waals surface area contributed by atoms with Crippen molar-refractivity contribution >= 4 is 0 Å². The van der Waals surface area contributed by atoms with Gasteiger partial charge in [0.2, 0.25) is 0 Å². The van der Waals surface area contributed by atoms with Crippen LogP contribution in [0.4, 0.5) is 0 Å². The van der Waals surface area contributed by atoms with E-state index in [9.17, 15) is 10.2 Å². The molecule has 0 saturated heterocycles. The molecule has 0 heterocycles. The van der Waals surface area contributed by atoms with E-state index in [0.717, 1.165) is 0 Å². The molecule has 0 aliphatic heterocycles. The lowest BCUT2D eigenvalue weighted by Crippen LogP contribution is -2.52. The maximum atomic E-state index is 9.37. The molecule has 4 aliphatic carbocycles. The Hall–Kier alpha value is -0.600. The molecule has 14 heavy (non-hydrogen) atoms. The number of aliphatic hydroxyl groups is 2. The van der Waals surface area contributed by atoms with E-state index in [1.165, 1.54) is 0 Å². The lowest BCUT2D eigenvalue weighted by molar-refractivity contribution is -0.0239. The smallest absolute Gasteiger partial charge is 0.0468 e. The van der Waals surface area contributed by atoms with E-state index in [0.29, 0.717) is 23.7 Å². The molecule has 0 aromatic rings. The first-order valence-electron chi connectivity index (χ1n) is 5.45. The Bertz CT molecular complexity index is 267. The fourth-order valence-corrected chi connectivity index (χ4v) is 3.59. The van der Waals surface area contributed by atoms with Crippen molar-refractivity contribution in [2.75, 3.05) is 13.2 Å². The third kappa shape index (κ3) is 0.882. The third-order valence-electron chi connectivity index (χ3n) is 4.40. The minimum Gasteiger partial charge on any atom is -0.396 e. The van der Waals surface area contributed by atoms with E-state index in [4.69, 9.17) is 0 Å². The highest BCUT2D eigenvalue weighted by molar-refractivity contribution is 5.27. The van der Waals surface area contributed by atoms with Crippen molar-refractivity contribution in [2.24, 2.45) is 35.5 Å². The van der Waals surface area contributed by atoms with Gasteiger partial charge < -0.3 is 10.2 Å². The van der Waals surface area contributed by atoms with Crippen molar-refractivity contribution in [1.29, 1.82) is 0 Å². The first-order chi connectivity index (χ1) is 6.86. The van der Waals surface area contributed by atoms with Gasteiger partial charge in [-0.3, -0.25) is 0 Å². The van der Waals surface area contributed by atoms with Crippen molar-refractivity contribution in [1.82, 2.24) is 0 Å². The number of allylic oxidation sites excluding steroid dienone is 4. The van der Waals surface area contributed by atoms with Gasteiger partial charge in [0.15, 0.2) is 0 Å². The highest BCUT2D eigenvalue weighted by Gasteiger charge is 2.51. The van der Waals surface area contributed by atoms with Gasteiger partial charge in [0.25, 0.3) is 0 Å². The summed E-state index contributed by atoms with van der Waals surface area (Å²) in [6.45, 7) is 0.432. The fourth-order valence-electron chi connectivity index (χ4n) is 3.59. The van der Waals surface area contributed by atoms with Crippen LogP contribution in [0.25, 0.3) is 0 Å². The van der Waals surface area contributed by atoms with Crippen molar-refractivity contribution in [2.45, 2.75) is 0 Å². The van der Waals surface area contributed by atoms with Crippen LogP contribution in [0.5, 0.6) is 0 Å². The van der Waals surface area contributed by atoms with Gasteiger partial charge in [0.05, 0.1) is 0 Å². The monoisotopic (exact) mass is 192 g/mol. The summed E-state index contributed by atoms with van der Waals surface area (Å²) in [5, 5.41) is 18.7. The maximum absolute atomic E-state index is 9.37. The summed E-state index contributed by atoms with van der Waals surface area (Å²) in [6, 6.07) is 0. The molecule has 76 valence electrons. The summed E-state index contributed by atoms with van der Waals surface area (Å²) in [6.07, 6.45) is 9.04. The Morgan fingerprint density at radius 2 is 1.00 bits per heavy atom. The van der Waals surface area contributed by atoms with E-state index >= 15 is 0 Å². The lowest BCUT2D eigenvalue weighted by Gasteiger charge is -2.55. The molecule has 4 rings (SSSR count). The highest BCUT2D eigenvalue weighted by atomic mass is 16.3. The number of fused-ring (bicyclic) bond motifs is 1. The van der Waals surface area contributed by atoms with Crippen molar-refractivity contribution in [3.05, 3.63) is 24.3 Å². The molecule has 1 fully saturated rings. The van der Waals surface area contributed by atoms with Crippen LogP contribution < -0.4 is 0 Å². The van der Waals surface area contributed by atoms with Crippen LogP contribution >= 0.6 is 0 Å². The molecule has 1 saturated carbocycles. The van der Waals surface area contributed by atoms with Crippen LogP contribution in [0.1, 0.15) is 0 Å². The molecule has 4 aliphatic rings. The second kappa shape index (κ2) is 2.94. The maximum Gasteiger partial charge on any atom is 0.0468 e. The topological polar surface area (TPSA) is 40.5 Å². The number of aliphatic hydroxyl groups excluding tert-OH is 2. The first kappa shape index (κ1) is 8.69. The predicted octanol–water partition coefficient (Wildman–Crippen LogP) is 0.821. The van der Waals surface area contributed by atoms with E-state index in [2.05, 4.69) is 24.3 Å². The zero-order valence-electron chi connectivity index (χ0n) is 8.08. The molecular formula is C12H16O2. The summed E-state index contributed by atoms with van der Waals surface area (Å²) < 4.78 is 0. The minimum absolute atomic E-state index is 0.216. The van der Waals surface area contributed by atoms with E-state index < -0.39 is 0 Å². The van der Waals surface area contributed by atoms with Crippen LogP contribution in [0.2, 0.25) is 0 Å². The fraction of sp³-hybridized carbons (Fsp3) is 0.667. The second-order valence-electron chi connectivity index (χ2n) is 4.77. The summed E-state index contributed by atoms with van der Waals surface area (Å²) in [7, 11) is 0. The summed E-state index contributed by atoms with van der Waals surface area (Å²) in [5.41, 5.74) is 0. The first-order valence-corrected chi connectivity index (χ1v) is 5.45. The molecule has 2 heteroatoms. The SMILES string of the molecule is OCC1C2C=CC(C3C=CC32)C1CO. The Morgan fingerprint density at radius 1 is 0.643 bits per heavy atom. The van der Waals surface area contributed by atoms with Crippen molar-refractivity contribution in [3.63, 3.8) is 0 Å². The lowest BCUT2D eigenvalue weighted by atomic mass is 9.50. The van der Waals surface area contributed by atoms with E-state index in [-0.39, 0.29) is 25.0 Å². The third-order valence-corrected chi connectivity index (χ3v) is 4.40. The van der Waals surface area contributed by atoms with Crippen LogP contribution in [0, 0.1) is 35.5 Å². The predicted molar refractivity (Wildman–Crippen MR) is 53.4 cm³/mol. The molecule has 0 aromatic carbocycles. The Morgan fingerprint density at radius 3 is 1.29 bits per heavy atom. The van der Waals surface area contributed by atoms with Gasteiger partial charge in [-0.15, -0.1) is 0 Å². The largest absolute Gasteiger partial charge is 0.396 e. The molecule has 0 amide bonds. The highest BCUT2D eigenvalue weighted by Crippen LogP contribution is 2.55. The average molecular weight is 192 g/mol. The molecule has 2 bridgehead atoms. The van der Waals surface area contributed by atoms with Gasteiger partial charge in [-0.25, -0.2) is 0 Å². The Kier molecular flexibility index (Phi) is 1.83. The number of hydrogen-bond donors (Lipinski definition) is 2. The minimum atomic E-state index is 0.216. The number of rotatable bonds is 2. The molecule has 0 radical (unpaired) electrons. The Labute approximate surface area is 83.9 Å². The molecule has 0 spiro atoms. The normalized spacial score (nSPS) is 53.0. The quantitative estimate of drug-likeness (QED) is 0.636. The molecule has 0 aromatic heterocycles. The zero-order chi connectivity index (χ0) is 9.71. The van der Waals surface area contributed by atoms with Gasteiger partial charge in [-0.2, -0.15) is 0 Å². The molecule has 6 atom stereocenters. The summed E-state index contributed by atoms with van der Waals surface area (Å²) >= 11 is 0. The van der Waals surface area contributed by atoms with Crippen molar-refractivity contribution < 1.29 is 10.2 Å². The summed E-state index contributed by atoms with van der Waals surface area (Å²) in [4.78, 5) is 0. The number of hydrogen-bond acceptors (Lipinski definition) is 2. The van der Waals surface area contributed by atoms with Gasteiger partial charge >= 0.3 is 0 Å². The molecule has 6 unspecified atom stereocenters. The van der Waals surface area contributed by atoms with Gasteiger partial charge in [-0.05, 0) is 35.5 Å². The van der Waals surface area contributed by atoms with E-state index in [1.807, 2.05) is 0 Å². The summed E-state index contributed by atoms with van der Waals surface area (Å²) in [5.74, 6) is 2.78. The molecule has 2 N–H and O–H groups in total. The van der Waals surface area contributed by atoms with Crippen molar-refractivity contribution in [3.8, 4) is 0 Å². The van der Waals surface area contributed by atoms with E-state index in [1.54, 1.807) is 0 Å². The van der Waals surface area contributed by atoms with Gasteiger partial charge in [-0.1, -0.05) is 24.3 Å². The second-order valence-corrected chi connectivity index (χ2v) is 4.77. The molecular weight excluding hydrogens is 176 g/mol. The van der Waals surface area contributed by atoms with Gasteiger partial charge in [0.1, 0.15) is 0 Å².